The third kappa shape index (κ3) is 2.88. The molecule has 0 atom stereocenters. The first-order valence-corrected chi connectivity index (χ1v) is 5.59. The summed E-state index contributed by atoms with van der Waals surface area (Å²) < 4.78 is 36.0. The summed E-state index contributed by atoms with van der Waals surface area (Å²) in [5.74, 6) is -0.597. The van der Waals surface area contributed by atoms with Crippen molar-refractivity contribution >= 4 is 11.5 Å². The van der Waals surface area contributed by atoms with Gasteiger partial charge in [-0.15, -0.1) is 0 Å². The predicted octanol–water partition coefficient (Wildman–Crippen LogP) is 3.01. The van der Waals surface area contributed by atoms with Gasteiger partial charge in [0, 0.05) is 23.5 Å². The minimum Gasteiger partial charge on any atom is -0.463 e. The van der Waals surface area contributed by atoms with Crippen LogP contribution in [-0.2, 0) is 9.53 Å². The number of nitrogens with one attached hydrogen (secondary N) is 1. The topological polar surface area (TPSA) is 42.1 Å². The number of esters is 1. The first-order valence-electron chi connectivity index (χ1n) is 7.54. The standard InChI is InChI=1S/C15H15NO2/c1-2-18-15(17)11-13(14-9-6-10-16-14)12-7-4-3-5-8-12/h3-11,16H,2H2,1H3/b13-11-/i6D,9D,10D/hD. The van der Waals surface area contributed by atoms with Crippen molar-refractivity contribution in [2.24, 2.45) is 0 Å². The largest absolute Gasteiger partial charge is 0.463 e. The lowest BCUT2D eigenvalue weighted by Crippen LogP contribution is -2.01. The molecule has 1 aromatic carbocycles. The lowest BCUT2D eigenvalue weighted by Gasteiger charge is -2.06. The average Bonchev–Trinajstić information content (AvgIpc) is 2.70. The average molecular weight is 245 g/mol. The van der Waals surface area contributed by atoms with Crippen molar-refractivity contribution in [2.45, 2.75) is 6.92 Å². The Morgan fingerprint density at radius 3 is 2.89 bits per heavy atom. The summed E-state index contributed by atoms with van der Waals surface area (Å²) in [5.41, 5.74) is 0.912. The Morgan fingerprint density at radius 2 is 2.28 bits per heavy atom. The molecule has 92 valence electrons. The smallest absolute Gasteiger partial charge is 0.331 e. The maximum Gasteiger partial charge on any atom is 0.331 e. The van der Waals surface area contributed by atoms with Gasteiger partial charge < -0.3 is 9.71 Å². The van der Waals surface area contributed by atoms with E-state index in [-0.39, 0.29) is 30.0 Å². The normalized spacial score (nSPS) is 14.4. The number of carbonyl (C=O) groups is 1. The Balaban J connectivity index is 2.65. The Kier molecular flexibility index (Phi) is 2.58. The number of H-pyrrole nitrogens is 1. The Morgan fingerprint density at radius 1 is 1.50 bits per heavy atom. The molecule has 0 aliphatic rings. The number of carbonyl (C=O) groups excluding carboxylic acids is 1. The van der Waals surface area contributed by atoms with Gasteiger partial charge in [-0.1, -0.05) is 30.3 Å². The number of rotatable bonds is 4. The zero-order valence-corrected chi connectivity index (χ0v) is 9.93. The van der Waals surface area contributed by atoms with Crippen LogP contribution in [0.2, 0.25) is 1.41 Å². The number of hydrogen-bond donors (Lipinski definition) is 1. The minimum absolute atomic E-state index is 0.0225. The van der Waals surface area contributed by atoms with E-state index >= 15 is 0 Å². The molecule has 2 aromatic rings. The fraction of sp³-hybridized carbons (Fsp3) is 0.133. The van der Waals surface area contributed by atoms with E-state index in [1.807, 2.05) is 0 Å². The van der Waals surface area contributed by atoms with Gasteiger partial charge in [0.2, 0.25) is 0 Å². The van der Waals surface area contributed by atoms with Crippen LogP contribution in [0.5, 0.6) is 0 Å². The van der Waals surface area contributed by atoms with Crippen LogP contribution in [0.1, 0.15) is 22.3 Å². The van der Waals surface area contributed by atoms with Gasteiger partial charge in [-0.3, -0.25) is 0 Å². The molecule has 0 saturated carbocycles. The van der Waals surface area contributed by atoms with E-state index in [9.17, 15) is 4.79 Å². The second-order valence-electron chi connectivity index (χ2n) is 3.50. The van der Waals surface area contributed by atoms with E-state index in [0.29, 0.717) is 10.5 Å². The molecule has 1 heterocycles. The molecule has 18 heavy (non-hydrogen) atoms. The Bertz CT molecular complexity index is 697. The molecular formula is C15H15NO2. The summed E-state index contributed by atoms with van der Waals surface area (Å²) in [4.78, 5) is 12.5. The van der Waals surface area contributed by atoms with Crippen LogP contribution < -0.4 is 0 Å². The van der Waals surface area contributed by atoms with Crippen LogP contribution >= 0.6 is 0 Å². The summed E-state index contributed by atoms with van der Waals surface area (Å²) in [7, 11) is 0. The summed E-state index contributed by atoms with van der Waals surface area (Å²) in [6.07, 6.45) is 0.793. The highest BCUT2D eigenvalue weighted by Gasteiger charge is 2.08. The molecule has 2 rings (SSSR count). The van der Waals surface area contributed by atoms with Crippen LogP contribution in [0, 0.1) is 0 Å². The van der Waals surface area contributed by atoms with E-state index in [2.05, 4.69) is 0 Å². The molecule has 1 aromatic heterocycles. The van der Waals surface area contributed by atoms with E-state index in [1.165, 1.54) is 6.08 Å². The van der Waals surface area contributed by atoms with Gasteiger partial charge in [0.1, 0.15) is 0 Å². The first kappa shape index (κ1) is 7.93. The van der Waals surface area contributed by atoms with Crippen molar-refractivity contribution in [3.8, 4) is 0 Å². The fourth-order valence-corrected chi connectivity index (χ4v) is 1.53. The van der Waals surface area contributed by atoms with Crippen molar-refractivity contribution < 1.29 is 15.1 Å². The van der Waals surface area contributed by atoms with Gasteiger partial charge in [0.05, 0.1) is 10.7 Å². The molecule has 3 nitrogen and oxygen atoms in total. The molecule has 0 aliphatic carbocycles. The molecule has 1 N–H and O–H groups in total. The van der Waals surface area contributed by atoms with Crippen molar-refractivity contribution in [3.63, 3.8) is 0 Å². The number of benzene rings is 1. The van der Waals surface area contributed by atoms with Gasteiger partial charge in [-0.05, 0) is 24.6 Å². The van der Waals surface area contributed by atoms with E-state index in [0.717, 1.165) is 0 Å². The molecule has 0 amide bonds. The molecule has 0 aliphatic heterocycles. The second kappa shape index (κ2) is 5.87. The van der Waals surface area contributed by atoms with Gasteiger partial charge in [-0.25, -0.2) is 4.79 Å². The Labute approximate surface area is 112 Å². The third-order valence-corrected chi connectivity index (χ3v) is 2.29. The van der Waals surface area contributed by atoms with Crippen LogP contribution in [0.15, 0.2) is 54.7 Å². The molecule has 0 spiro atoms. The lowest BCUT2D eigenvalue weighted by atomic mass is 10.0. The maximum atomic E-state index is 11.8. The summed E-state index contributed by atoms with van der Waals surface area (Å²) in [6.45, 7) is 1.89. The number of aromatic amines is 1. The number of ether oxygens (including phenoxy) is 1. The monoisotopic (exact) mass is 245 g/mol. The molecule has 3 heteroatoms. The zero-order valence-electron chi connectivity index (χ0n) is 13.9. The zero-order chi connectivity index (χ0) is 16.3. The lowest BCUT2D eigenvalue weighted by molar-refractivity contribution is -0.137. The van der Waals surface area contributed by atoms with Gasteiger partial charge >= 0.3 is 5.97 Å². The van der Waals surface area contributed by atoms with E-state index in [1.54, 1.807) is 37.3 Å². The molecule has 0 unspecified atom stereocenters. The number of hydrogen-bond acceptors (Lipinski definition) is 2. The highest BCUT2D eigenvalue weighted by atomic mass is 16.5. The van der Waals surface area contributed by atoms with Gasteiger partial charge in [-0.2, -0.15) is 0 Å². The Hall–Kier alpha value is -2.29. The highest BCUT2D eigenvalue weighted by Crippen LogP contribution is 2.21. The molecule has 0 fully saturated rings. The number of aromatic nitrogens is 1. The van der Waals surface area contributed by atoms with Crippen LogP contribution in [0.3, 0.4) is 0 Å². The van der Waals surface area contributed by atoms with Crippen molar-refractivity contribution in [2.75, 3.05) is 6.61 Å². The van der Waals surface area contributed by atoms with Crippen molar-refractivity contribution in [1.29, 1.82) is 0 Å². The van der Waals surface area contributed by atoms with Crippen LogP contribution in [0.4, 0.5) is 0 Å². The molecule has 0 bridgehead atoms. The highest BCUT2D eigenvalue weighted by molar-refractivity contribution is 5.95. The van der Waals surface area contributed by atoms with Crippen LogP contribution in [-0.4, -0.2) is 17.6 Å². The summed E-state index contributed by atoms with van der Waals surface area (Å²) >= 11 is 0. The van der Waals surface area contributed by atoms with E-state index in [4.69, 9.17) is 10.3 Å². The molecule has 0 saturated heterocycles. The molecular weight excluding hydrogens is 226 g/mol. The van der Waals surface area contributed by atoms with Crippen molar-refractivity contribution in [3.05, 3.63) is 65.9 Å². The fourth-order valence-electron chi connectivity index (χ4n) is 1.53. The summed E-state index contributed by atoms with van der Waals surface area (Å²) in [5, 5.41) is 0. The first-order chi connectivity index (χ1) is 10.5. The van der Waals surface area contributed by atoms with Gasteiger partial charge in [0.25, 0.3) is 0 Å². The SMILES string of the molecule is [2H]c1c([2H])c(/C(=C\C(=O)OCC)c2ccccc2)n([2H])c1[2H]. The van der Waals surface area contributed by atoms with Gasteiger partial charge in [0.15, 0.2) is 1.41 Å². The maximum absolute atomic E-state index is 11.8. The minimum atomic E-state index is -0.597. The van der Waals surface area contributed by atoms with Crippen molar-refractivity contribution in [1.82, 2.24) is 4.98 Å². The quantitative estimate of drug-likeness (QED) is 0.664. The second-order valence-corrected chi connectivity index (χ2v) is 3.50. The van der Waals surface area contributed by atoms with E-state index < -0.39 is 12.1 Å². The van der Waals surface area contributed by atoms with Crippen LogP contribution in [0.25, 0.3) is 5.57 Å². The third-order valence-electron chi connectivity index (χ3n) is 2.29. The predicted molar refractivity (Wildman–Crippen MR) is 70.9 cm³/mol. The molecule has 0 radical (unpaired) electrons. The summed E-state index contributed by atoms with van der Waals surface area (Å²) in [6, 6.07) is 8.17.